The maximum absolute atomic E-state index is 12.4. The van der Waals surface area contributed by atoms with Crippen molar-refractivity contribution in [2.75, 3.05) is 6.54 Å². The van der Waals surface area contributed by atoms with Crippen LogP contribution in [-0.2, 0) is 0 Å². The maximum atomic E-state index is 12.4. The lowest BCUT2D eigenvalue weighted by Crippen LogP contribution is -2.33. The van der Waals surface area contributed by atoms with Crippen LogP contribution in [0.4, 0.5) is 0 Å². The van der Waals surface area contributed by atoms with Crippen molar-refractivity contribution in [2.24, 2.45) is 5.92 Å². The van der Waals surface area contributed by atoms with Gasteiger partial charge in [0.25, 0.3) is 11.8 Å². The van der Waals surface area contributed by atoms with E-state index in [1.807, 2.05) is 30.3 Å². The van der Waals surface area contributed by atoms with Crippen LogP contribution in [0.1, 0.15) is 26.3 Å². The van der Waals surface area contributed by atoms with Crippen LogP contribution in [0.5, 0.6) is 0 Å². The van der Waals surface area contributed by atoms with E-state index in [4.69, 9.17) is 0 Å². The van der Waals surface area contributed by atoms with Gasteiger partial charge in [0.05, 0.1) is 17.0 Å². The molecule has 1 heterocycles. The summed E-state index contributed by atoms with van der Waals surface area (Å²) in [6, 6.07) is 16.4. The Morgan fingerprint density at radius 1 is 0.957 bits per heavy atom. The molecule has 0 aromatic heterocycles. The van der Waals surface area contributed by atoms with Crippen LogP contribution in [0.2, 0.25) is 0 Å². The Hall–Kier alpha value is -3.12. The molecule has 0 radical (unpaired) electrons. The predicted octanol–water partition coefficient (Wildman–Crippen LogP) is 3.14. The Balaban J connectivity index is 1.79. The van der Waals surface area contributed by atoms with E-state index in [0.29, 0.717) is 11.1 Å². The molecule has 0 saturated heterocycles. The Labute approximate surface area is 135 Å². The lowest BCUT2D eigenvalue weighted by molar-refractivity contribution is 0.0647. The van der Waals surface area contributed by atoms with Crippen LogP contribution in [0.3, 0.4) is 0 Å². The van der Waals surface area contributed by atoms with Crippen molar-refractivity contribution >= 4 is 11.8 Å². The number of carbonyl (C=O) groups is 2. The van der Waals surface area contributed by atoms with Crippen LogP contribution in [0.15, 0.2) is 67.3 Å². The van der Waals surface area contributed by atoms with Gasteiger partial charge in [-0.25, -0.2) is 0 Å². The van der Waals surface area contributed by atoms with Gasteiger partial charge in [-0.15, -0.1) is 6.58 Å². The molecular formula is C20H15NO2. The van der Waals surface area contributed by atoms with E-state index in [1.165, 1.54) is 4.90 Å². The zero-order chi connectivity index (χ0) is 16.2. The Morgan fingerprint density at radius 3 is 2.09 bits per heavy atom. The largest absolute Gasteiger partial charge is 0.273 e. The highest BCUT2D eigenvalue weighted by Gasteiger charge is 2.35. The van der Waals surface area contributed by atoms with Gasteiger partial charge >= 0.3 is 0 Å². The number of benzene rings is 2. The zero-order valence-electron chi connectivity index (χ0n) is 12.5. The third-order valence-electron chi connectivity index (χ3n) is 3.72. The summed E-state index contributed by atoms with van der Waals surface area (Å²) in [4.78, 5) is 26.0. The highest BCUT2D eigenvalue weighted by atomic mass is 16.2. The molecule has 1 aliphatic rings. The minimum absolute atomic E-state index is 0.218. The molecule has 0 saturated carbocycles. The smallest absolute Gasteiger partial charge is 0.261 e. The summed E-state index contributed by atoms with van der Waals surface area (Å²) in [7, 11) is 0. The molecule has 0 N–H and O–H groups in total. The second-order valence-electron chi connectivity index (χ2n) is 5.24. The van der Waals surface area contributed by atoms with E-state index in [2.05, 4.69) is 18.4 Å². The number of hydrogen-bond donors (Lipinski definition) is 0. The lowest BCUT2D eigenvalue weighted by atomic mass is 10.1. The highest BCUT2D eigenvalue weighted by Crippen LogP contribution is 2.23. The molecule has 3 nitrogen and oxygen atoms in total. The molecule has 0 aliphatic carbocycles. The second kappa shape index (κ2) is 6.33. The van der Waals surface area contributed by atoms with Gasteiger partial charge < -0.3 is 0 Å². The second-order valence-corrected chi connectivity index (χ2v) is 5.24. The third-order valence-corrected chi connectivity index (χ3v) is 3.72. The monoisotopic (exact) mass is 301 g/mol. The quantitative estimate of drug-likeness (QED) is 0.496. The van der Waals surface area contributed by atoms with Gasteiger partial charge in [0.2, 0.25) is 0 Å². The van der Waals surface area contributed by atoms with Gasteiger partial charge in [0.15, 0.2) is 0 Å². The average molecular weight is 301 g/mol. The number of rotatable bonds is 3. The molecule has 0 bridgehead atoms. The fraction of sp³-hybridized carbons (Fsp3) is 0.100. The average Bonchev–Trinajstić information content (AvgIpc) is 2.84. The minimum Gasteiger partial charge on any atom is -0.273 e. The summed E-state index contributed by atoms with van der Waals surface area (Å²) in [6.45, 7) is 3.98. The minimum atomic E-state index is -0.266. The summed E-state index contributed by atoms with van der Waals surface area (Å²) in [5.74, 6) is 5.32. The first-order valence-corrected chi connectivity index (χ1v) is 7.35. The van der Waals surface area contributed by atoms with E-state index in [9.17, 15) is 9.59 Å². The Kier molecular flexibility index (Phi) is 4.07. The van der Waals surface area contributed by atoms with Crippen LogP contribution < -0.4 is 0 Å². The van der Waals surface area contributed by atoms with E-state index in [1.54, 1.807) is 30.3 Å². The number of fused-ring (bicyclic) bond motifs is 1. The molecule has 2 amide bonds. The first kappa shape index (κ1) is 14.8. The van der Waals surface area contributed by atoms with Gasteiger partial charge in [0, 0.05) is 12.1 Å². The van der Waals surface area contributed by atoms with Crippen molar-refractivity contribution in [3.8, 4) is 11.8 Å². The number of nitrogens with zero attached hydrogens (tertiary/aromatic N) is 1. The fourth-order valence-corrected chi connectivity index (χ4v) is 2.48. The molecule has 3 rings (SSSR count). The molecule has 3 heteroatoms. The van der Waals surface area contributed by atoms with Crippen molar-refractivity contribution in [1.82, 2.24) is 4.90 Å². The predicted molar refractivity (Wildman–Crippen MR) is 88.8 cm³/mol. The normalized spacial score (nSPS) is 14.0. The first-order chi connectivity index (χ1) is 11.2. The third kappa shape index (κ3) is 2.93. The standard InChI is InChI=1S/C20H15NO2/c1-2-15(12-13-16-8-4-3-5-9-16)14-21-19(22)17-10-6-7-11-18(17)20(21)23/h2-11,15H,1,14H2. The summed E-state index contributed by atoms with van der Waals surface area (Å²) in [5, 5.41) is 0. The molecule has 112 valence electrons. The topological polar surface area (TPSA) is 37.4 Å². The van der Waals surface area contributed by atoms with Crippen molar-refractivity contribution in [3.63, 3.8) is 0 Å². The summed E-state index contributed by atoms with van der Waals surface area (Å²) in [5.41, 5.74) is 1.80. The van der Waals surface area contributed by atoms with Crippen LogP contribution in [0, 0.1) is 17.8 Å². The highest BCUT2D eigenvalue weighted by molar-refractivity contribution is 6.21. The van der Waals surface area contributed by atoms with Crippen molar-refractivity contribution in [2.45, 2.75) is 0 Å². The van der Waals surface area contributed by atoms with E-state index >= 15 is 0 Å². The number of imide groups is 1. The van der Waals surface area contributed by atoms with Crippen molar-refractivity contribution in [3.05, 3.63) is 83.9 Å². The summed E-state index contributed by atoms with van der Waals surface area (Å²) in [6.07, 6.45) is 1.67. The SMILES string of the molecule is C=CC(C#Cc1ccccc1)CN1C(=O)c2ccccc2C1=O. The maximum Gasteiger partial charge on any atom is 0.261 e. The molecule has 1 atom stereocenters. The van der Waals surface area contributed by atoms with Gasteiger partial charge in [-0.1, -0.05) is 48.2 Å². The Morgan fingerprint density at radius 2 is 1.52 bits per heavy atom. The van der Waals surface area contributed by atoms with Gasteiger partial charge in [-0.05, 0) is 24.3 Å². The van der Waals surface area contributed by atoms with Crippen LogP contribution in [-0.4, -0.2) is 23.3 Å². The number of hydrogen-bond acceptors (Lipinski definition) is 2. The number of amides is 2. The van der Waals surface area contributed by atoms with Crippen molar-refractivity contribution in [1.29, 1.82) is 0 Å². The fourth-order valence-electron chi connectivity index (χ4n) is 2.48. The molecule has 23 heavy (non-hydrogen) atoms. The Bertz CT molecular complexity index is 792. The van der Waals surface area contributed by atoms with E-state index in [0.717, 1.165) is 5.56 Å². The molecule has 2 aromatic carbocycles. The first-order valence-electron chi connectivity index (χ1n) is 7.35. The molecule has 0 spiro atoms. The summed E-state index contributed by atoms with van der Waals surface area (Å²) >= 11 is 0. The summed E-state index contributed by atoms with van der Waals surface area (Å²) < 4.78 is 0. The zero-order valence-corrected chi connectivity index (χ0v) is 12.5. The van der Waals surface area contributed by atoms with Crippen molar-refractivity contribution < 1.29 is 9.59 Å². The molecule has 1 aliphatic heterocycles. The van der Waals surface area contributed by atoms with Gasteiger partial charge in [0.1, 0.15) is 0 Å². The molecule has 0 fully saturated rings. The molecular weight excluding hydrogens is 286 g/mol. The van der Waals surface area contributed by atoms with Crippen LogP contribution in [0.25, 0.3) is 0 Å². The van der Waals surface area contributed by atoms with E-state index in [-0.39, 0.29) is 24.3 Å². The van der Waals surface area contributed by atoms with Gasteiger partial charge in [-0.2, -0.15) is 0 Å². The van der Waals surface area contributed by atoms with E-state index < -0.39 is 0 Å². The molecule has 2 aromatic rings. The lowest BCUT2D eigenvalue weighted by Gasteiger charge is -2.16. The van der Waals surface area contributed by atoms with Crippen LogP contribution >= 0.6 is 0 Å². The van der Waals surface area contributed by atoms with Gasteiger partial charge in [-0.3, -0.25) is 14.5 Å². The molecule has 1 unspecified atom stereocenters. The number of carbonyl (C=O) groups excluding carboxylic acids is 2.